The van der Waals surface area contributed by atoms with Crippen molar-refractivity contribution in [2.45, 2.75) is 25.4 Å². The minimum Gasteiger partial charge on any atom is -0.352 e. The van der Waals surface area contributed by atoms with E-state index in [9.17, 15) is 18.0 Å². The van der Waals surface area contributed by atoms with Crippen molar-refractivity contribution in [3.05, 3.63) is 46.5 Å². The Labute approximate surface area is 147 Å². The van der Waals surface area contributed by atoms with Gasteiger partial charge in [-0.1, -0.05) is 0 Å². The number of alkyl halides is 3. The van der Waals surface area contributed by atoms with E-state index in [-0.39, 0.29) is 11.5 Å². The fourth-order valence-electron chi connectivity index (χ4n) is 2.68. The Balaban J connectivity index is 1.49. The smallest absolute Gasteiger partial charge is 0.352 e. The Morgan fingerprint density at radius 1 is 1.20 bits per heavy atom. The average Bonchev–Trinajstić information content (AvgIpc) is 3.25. The van der Waals surface area contributed by atoms with Crippen molar-refractivity contribution in [3.8, 4) is 0 Å². The van der Waals surface area contributed by atoms with Crippen molar-refractivity contribution >= 4 is 22.4 Å². The maximum Gasteiger partial charge on any atom is 0.416 e. The Hall–Kier alpha value is -2.09. The lowest BCUT2D eigenvalue weighted by molar-refractivity contribution is -0.137. The standard InChI is InChI=1S/C17H18F3N3OS/c18-17(19,20)13-5-3-12(4-6-13)15(24)21-8-7-14-11-25-16(22-14)23-9-1-2-10-23/h3-6,11H,1-2,7-10H2,(H,21,24). The maximum absolute atomic E-state index is 12.5. The first-order valence-electron chi connectivity index (χ1n) is 8.08. The molecule has 0 radical (unpaired) electrons. The lowest BCUT2D eigenvalue weighted by Crippen LogP contribution is -2.26. The largest absolute Gasteiger partial charge is 0.416 e. The molecule has 1 aliphatic rings. The minimum absolute atomic E-state index is 0.212. The predicted molar refractivity (Wildman–Crippen MR) is 91.0 cm³/mol. The van der Waals surface area contributed by atoms with Gasteiger partial charge in [-0.25, -0.2) is 4.98 Å². The van der Waals surface area contributed by atoms with Gasteiger partial charge >= 0.3 is 6.18 Å². The Bertz CT molecular complexity index is 721. The van der Waals surface area contributed by atoms with Gasteiger partial charge in [0.25, 0.3) is 5.91 Å². The number of carbonyl (C=O) groups excluding carboxylic acids is 1. The number of hydrogen-bond donors (Lipinski definition) is 1. The molecule has 2 heterocycles. The van der Waals surface area contributed by atoms with Crippen LogP contribution >= 0.6 is 11.3 Å². The molecule has 0 bridgehead atoms. The van der Waals surface area contributed by atoms with Gasteiger partial charge in [-0.3, -0.25) is 4.79 Å². The second kappa shape index (κ2) is 7.43. The molecule has 25 heavy (non-hydrogen) atoms. The van der Waals surface area contributed by atoms with Crippen LogP contribution in [0.1, 0.15) is 34.5 Å². The number of aromatic nitrogens is 1. The van der Waals surface area contributed by atoms with E-state index < -0.39 is 11.7 Å². The van der Waals surface area contributed by atoms with Crippen LogP contribution in [0, 0.1) is 0 Å². The summed E-state index contributed by atoms with van der Waals surface area (Å²) in [7, 11) is 0. The molecule has 8 heteroatoms. The van der Waals surface area contributed by atoms with Gasteiger partial charge in [-0.15, -0.1) is 11.3 Å². The zero-order valence-electron chi connectivity index (χ0n) is 13.5. The van der Waals surface area contributed by atoms with Gasteiger partial charge in [0.2, 0.25) is 0 Å². The van der Waals surface area contributed by atoms with E-state index in [1.54, 1.807) is 11.3 Å². The van der Waals surface area contributed by atoms with Crippen LogP contribution in [-0.2, 0) is 12.6 Å². The van der Waals surface area contributed by atoms with Gasteiger partial charge in [-0.2, -0.15) is 13.2 Å². The molecule has 1 aromatic carbocycles. The first-order chi connectivity index (χ1) is 11.9. The number of carbonyl (C=O) groups is 1. The zero-order chi connectivity index (χ0) is 17.9. The molecule has 0 unspecified atom stereocenters. The molecule has 4 nitrogen and oxygen atoms in total. The van der Waals surface area contributed by atoms with E-state index in [4.69, 9.17) is 0 Å². The quantitative estimate of drug-likeness (QED) is 0.873. The number of amides is 1. The molecule has 1 N–H and O–H groups in total. The van der Waals surface area contributed by atoms with E-state index in [1.165, 1.54) is 25.0 Å². The predicted octanol–water partition coefficient (Wildman–Crippen LogP) is 3.73. The summed E-state index contributed by atoms with van der Waals surface area (Å²) in [6, 6.07) is 4.20. The SMILES string of the molecule is O=C(NCCc1csc(N2CCCC2)n1)c1ccc(C(F)(F)F)cc1. The van der Waals surface area contributed by atoms with E-state index in [0.717, 1.165) is 36.0 Å². The number of nitrogens with one attached hydrogen (secondary N) is 1. The van der Waals surface area contributed by atoms with Crippen LogP contribution in [0.3, 0.4) is 0 Å². The average molecular weight is 369 g/mol. The van der Waals surface area contributed by atoms with Crippen molar-refractivity contribution in [1.29, 1.82) is 0 Å². The number of benzene rings is 1. The van der Waals surface area contributed by atoms with Gasteiger partial charge in [0.15, 0.2) is 5.13 Å². The van der Waals surface area contributed by atoms with Gasteiger partial charge < -0.3 is 10.2 Å². The number of halogens is 3. The van der Waals surface area contributed by atoms with Gasteiger partial charge in [0, 0.05) is 37.0 Å². The van der Waals surface area contributed by atoms with E-state index in [2.05, 4.69) is 15.2 Å². The van der Waals surface area contributed by atoms with Crippen LogP contribution in [0.5, 0.6) is 0 Å². The van der Waals surface area contributed by atoms with Gasteiger partial charge in [-0.05, 0) is 37.1 Å². The summed E-state index contributed by atoms with van der Waals surface area (Å²) in [5.41, 5.74) is 0.365. The number of rotatable bonds is 5. The summed E-state index contributed by atoms with van der Waals surface area (Å²) in [4.78, 5) is 18.8. The lowest BCUT2D eigenvalue weighted by Gasteiger charge is -2.12. The molecule has 1 fully saturated rings. The molecule has 134 valence electrons. The summed E-state index contributed by atoms with van der Waals surface area (Å²) in [6.07, 6.45) is -1.42. The van der Waals surface area contributed by atoms with Crippen molar-refractivity contribution in [2.75, 3.05) is 24.5 Å². The van der Waals surface area contributed by atoms with Crippen molar-refractivity contribution in [2.24, 2.45) is 0 Å². The lowest BCUT2D eigenvalue weighted by atomic mass is 10.1. The third-order valence-corrected chi connectivity index (χ3v) is 5.01. The van der Waals surface area contributed by atoms with E-state index >= 15 is 0 Å². The fourth-order valence-corrected chi connectivity index (χ4v) is 3.60. The van der Waals surface area contributed by atoms with Crippen LogP contribution in [0.25, 0.3) is 0 Å². The molecule has 1 aromatic heterocycles. The molecular formula is C17H18F3N3OS. The second-order valence-electron chi connectivity index (χ2n) is 5.90. The van der Waals surface area contributed by atoms with Crippen LogP contribution in [0.2, 0.25) is 0 Å². The Morgan fingerprint density at radius 3 is 2.52 bits per heavy atom. The van der Waals surface area contributed by atoms with Crippen molar-refractivity contribution in [3.63, 3.8) is 0 Å². The number of thiazole rings is 1. The third-order valence-electron chi connectivity index (χ3n) is 4.06. The van der Waals surface area contributed by atoms with E-state index in [0.29, 0.717) is 13.0 Å². The molecule has 2 aromatic rings. The summed E-state index contributed by atoms with van der Waals surface area (Å²) < 4.78 is 37.5. The molecular weight excluding hydrogens is 351 g/mol. The molecule has 0 spiro atoms. The molecule has 3 rings (SSSR count). The summed E-state index contributed by atoms with van der Waals surface area (Å²) in [5.74, 6) is -0.385. The van der Waals surface area contributed by atoms with Crippen LogP contribution in [-0.4, -0.2) is 30.5 Å². The Morgan fingerprint density at radius 2 is 1.88 bits per heavy atom. The zero-order valence-corrected chi connectivity index (χ0v) is 14.3. The topological polar surface area (TPSA) is 45.2 Å². The first-order valence-corrected chi connectivity index (χ1v) is 8.96. The normalized spacial score (nSPS) is 14.8. The number of nitrogens with zero attached hydrogens (tertiary/aromatic N) is 2. The third kappa shape index (κ3) is 4.50. The second-order valence-corrected chi connectivity index (χ2v) is 6.73. The molecule has 1 saturated heterocycles. The molecule has 0 atom stereocenters. The fraction of sp³-hybridized carbons (Fsp3) is 0.412. The minimum atomic E-state index is -4.40. The van der Waals surface area contributed by atoms with Gasteiger partial charge in [0.05, 0.1) is 11.3 Å². The molecule has 0 saturated carbocycles. The van der Waals surface area contributed by atoms with Gasteiger partial charge in [0.1, 0.15) is 0 Å². The Kier molecular flexibility index (Phi) is 5.27. The highest BCUT2D eigenvalue weighted by Gasteiger charge is 2.30. The van der Waals surface area contributed by atoms with Crippen molar-refractivity contribution < 1.29 is 18.0 Å². The number of anilines is 1. The van der Waals surface area contributed by atoms with Crippen LogP contribution in [0.15, 0.2) is 29.6 Å². The number of hydrogen-bond acceptors (Lipinski definition) is 4. The highest BCUT2D eigenvalue weighted by Crippen LogP contribution is 2.29. The summed E-state index contributed by atoms with van der Waals surface area (Å²) >= 11 is 1.60. The molecule has 1 amide bonds. The van der Waals surface area contributed by atoms with Crippen molar-refractivity contribution in [1.82, 2.24) is 10.3 Å². The highest BCUT2D eigenvalue weighted by atomic mass is 32.1. The molecule has 1 aliphatic heterocycles. The van der Waals surface area contributed by atoms with E-state index in [1.807, 2.05) is 5.38 Å². The maximum atomic E-state index is 12.5. The summed E-state index contributed by atoms with van der Waals surface area (Å²) in [6.45, 7) is 2.47. The summed E-state index contributed by atoms with van der Waals surface area (Å²) in [5, 5.41) is 5.71. The van der Waals surface area contributed by atoms with Crippen LogP contribution < -0.4 is 10.2 Å². The highest BCUT2D eigenvalue weighted by molar-refractivity contribution is 7.13. The first kappa shape index (κ1) is 17.7. The molecule has 0 aliphatic carbocycles. The van der Waals surface area contributed by atoms with Crippen LogP contribution in [0.4, 0.5) is 18.3 Å². The monoisotopic (exact) mass is 369 g/mol.